The zero-order chi connectivity index (χ0) is 31.8. The number of ether oxygens (including phenoxy) is 3. The molecule has 0 unspecified atom stereocenters. The van der Waals surface area contributed by atoms with Gasteiger partial charge in [-0.3, -0.25) is 19.3 Å². The molecule has 2 N–H and O–H groups in total. The molecular weight excluding hydrogens is 595 g/mol. The van der Waals surface area contributed by atoms with Crippen LogP contribution >= 0.6 is 0 Å². The molecule has 0 spiro atoms. The Kier molecular flexibility index (Phi) is 8.05. The highest BCUT2D eigenvalue weighted by molar-refractivity contribution is 6.07. The second-order valence-corrected chi connectivity index (χ2v) is 11.3. The quantitative estimate of drug-likeness (QED) is 0.160. The van der Waals surface area contributed by atoms with E-state index in [1.807, 2.05) is 30.3 Å². The highest BCUT2D eigenvalue weighted by Gasteiger charge is 2.29. The van der Waals surface area contributed by atoms with Gasteiger partial charge in [-0.15, -0.1) is 0 Å². The van der Waals surface area contributed by atoms with Crippen LogP contribution in [0.2, 0.25) is 0 Å². The smallest absolute Gasteiger partial charge is 0.307 e. The van der Waals surface area contributed by atoms with Gasteiger partial charge in [0.2, 0.25) is 5.43 Å². The lowest BCUT2D eigenvalue weighted by atomic mass is 10.0. The number of para-hydroxylation sites is 1. The molecule has 0 radical (unpaired) electrons. The first-order valence-corrected chi connectivity index (χ1v) is 15.5. The normalized spacial score (nSPS) is 14.3. The van der Waals surface area contributed by atoms with Crippen molar-refractivity contribution in [3.63, 3.8) is 0 Å². The van der Waals surface area contributed by atoms with E-state index in [1.54, 1.807) is 17.6 Å². The maximum atomic E-state index is 15.9. The van der Waals surface area contributed by atoms with Crippen LogP contribution in [0.3, 0.4) is 0 Å². The molecule has 2 aromatic heterocycles. The van der Waals surface area contributed by atoms with Gasteiger partial charge in [0.1, 0.15) is 27.9 Å². The van der Waals surface area contributed by atoms with Crippen LogP contribution in [0.25, 0.3) is 38.5 Å². The van der Waals surface area contributed by atoms with Gasteiger partial charge in [0, 0.05) is 49.2 Å². The van der Waals surface area contributed by atoms with Gasteiger partial charge >= 0.3 is 5.97 Å². The van der Waals surface area contributed by atoms with E-state index < -0.39 is 23.1 Å². The summed E-state index contributed by atoms with van der Waals surface area (Å²) >= 11 is 0. The van der Waals surface area contributed by atoms with Gasteiger partial charge in [0.05, 0.1) is 37.3 Å². The van der Waals surface area contributed by atoms with Gasteiger partial charge in [0.15, 0.2) is 17.3 Å². The number of morpholine rings is 1. The Morgan fingerprint density at radius 3 is 2.67 bits per heavy atom. The molecule has 1 saturated heterocycles. The van der Waals surface area contributed by atoms with Crippen LogP contribution in [0.1, 0.15) is 30.1 Å². The van der Waals surface area contributed by atoms with E-state index in [2.05, 4.69) is 15.5 Å². The number of carbonyl (C=O) groups excluding carboxylic acids is 2. The molecule has 2 aliphatic rings. The maximum absolute atomic E-state index is 15.9. The largest absolute Gasteiger partial charge is 0.466 e. The van der Waals surface area contributed by atoms with Crippen molar-refractivity contribution in [2.75, 3.05) is 57.9 Å². The number of carbonyl (C=O) groups is 2. The molecular formula is C34H33FN4O7. The lowest BCUT2D eigenvalue weighted by Crippen LogP contribution is -2.37. The van der Waals surface area contributed by atoms with Crippen molar-refractivity contribution in [1.29, 1.82) is 0 Å². The van der Waals surface area contributed by atoms with Crippen molar-refractivity contribution in [2.45, 2.75) is 19.8 Å². The Labute approximate surface area is 262 Å². The number of halogens is 1. The molecule has 0 bridgehead atoms. The number of fused-ring (bicyclic) bond motifs is 5. The predicted molar refractivity (Wildman–Crippen MR) is 171 cm³/mol. The number of anilines is 1. The average Bonchev–Trinajstić information content (AvgIpc) is 3.42. The molecule has 4 heterocycles. The van der Waals surface area contributed by atoms with Crippen LogP contribution < -0.4 is 20.8 Å². The minimum absolute atomic E-state index is 0.0141. The first-order chi connectivity index (χ1) is 22.4. The third-order valence-electron chi connectivity index (χ3n) is 8.35. The van der Waals surface area contributed by atoms with Gasteiger partial charge in [-0.25, -0.2) is 4.39 Å². The fourth-order valence-electron chi connectivity index (χ4n) is 6.11. The van der Waals surface area contributed by atoms with Crippen molar-refractivity contribution < 1.29 is 32.6 Å². The average molecular weight is 629 g/mol. The van der Waals surface area contributed by atoms with Gasteiger partial charge < -0.3 is 33.8 Å². The third-order valence-corrected chi connectivity index (χ3v) is 8.35. The summed E-state index contributed by atoms with van der Waals surface area (Å²) in [4.78, 5) is 41.1. The molecule has 5 aromatic rings. The fourth-order valence-corrected chi connectivity index (χ4v) is 6.11. The number of hydrogen-bond donors (Lipinski definition) is 2. The molecule has 12 heteroatoms. The van der Waals surface area contributed by atoms with Gasteiger partial charge in [0.25, 0.3) is 5.91 Å². The molecule has 46 heavy (non-hydrogen) atoms. The number of furan rings is 1. The number of rotatable bonds is 10. The molecule has 11 nitrogen and oxygen atoms in total. The summed E-state index contributed by atoms with van der Waals surface area (Å²) in [6.45, 7) is 6.31. The molecule has 0 aliphatic carbocycles. The minimum atomic E-state index is -0.690. The number of pyridine rings is 1. The van der Waals surface area contributed by atoms with E-state index in [4.69, 9.17) is 18.6 Å². The molecule has 2 aliphatic heterocycles. The van der Waals surface area contributed by atoms with Crippen LogP contribution in [0.15, 0.2) is 57.9 Å². The van der Waals surface area contributed by atoms with E-state index in [9.17, 15) is 14.4 Å². The van der Waals surface area contributed by atoms with Crippen LogP contribution in [0.5, 0.6) is 11.5 Å². The maximum Gasteiger partial charge on any atom is 0.307 e. The number of aromatic nitrogens is 1. The molecule has 238 valence electrons. The van der Waals surface area contributed by atoms with E-state index in [1.165, 1.54) is 6.20 Å². The van der Waals surface area contributed by atoms with E-state index >= 15 is 4.39 Å². The number of nitrogens with zero attached hydrogens (tertiary/aromatic N) is 2. The highest BCUT2D eigenvalue weighted by atomic mass is 19.1. The lowest BCUT2D eigenvalue weighted by Gasteiger charge is -2.27. The summed E-state index contributed by atoms with van der Waals surface area (Å²) in [5.74, 6) is -1.26. The Balaban J connectivity index is 1.30. The molecule has 1 fully saturated rings. The number of nitrogens with one attached hydrogen (secondary N) is 2. The topological polar surface area (TPSA) is 124 Å². The molecule has 7 rings (SSSR count). The predicted octanol–water partition coefficient (Wildman–Crippen LogP) is 4.95. The van der Waals surface area contributed by atoms with Crippen molar-refractivity contribution in [1.82, 2.24) is 14.8 Å². The number of hydrogen-bond acceptors (Lipinski definition) is 9. The number of esters is 1. The number of amides is 1. The Bertz CT molecular complexity index is 2050. The SMILES string of the molecule is CCOC(=O)CCNC(=O)c1cn2c3c(c(NCCCN4CCOCC4)c(F)cc3c1=O)Oc1cc3c(cc1-2)oc1ccccc13. The Hall–Kier alpha value is -4.94. The van der Waals surface area contributed by atoms with Crippen LogP contribution in [-0.2, 0) is 14.3 Å². The summed E-state index contributed by atoms with van der Waals surface area (Å²) in [6, 6.07) is 12.4. The van der Waals surface area contributed by atoms with Gasteiger partial charge in [-0.05, 0) is 38.1 Å². The van der Waals surface area contributed by atoms with Crippen molar-refractivity contribution in [3.05, 3.63) is 70.3 Å². The van der Waals surface area contributed by atoms with Crippen molar-refractivity contribution in [3.8, 4) is 17.2 Å². The second kappa shape index (κ2) is 12.5. The molecule has 0 atom stereocenters. The number of benzene rings is 3. The van der Waals surface area contributed by atoms with E-state index in [0.717, 1.165) is 42.9 Å². The third kappa shape index (κ3) is 5.43. The van der Waals surface area contributed by atoms with Crippen LogP contribution in [0.4, 0.5) is 10.1 Å². The zero-order valence-corrected chi connectivity index (χ0v) is 25.3. The zero-order valence-electron chi connectivity index (χ0n) is 25.3. The van der Waals surface area contributed by atoms with E-state index in [-0.39, 0.29) is 42.0 Å². The summed E-state index contributed by atoms with van der Waals surface area (Å²) < 4.78 is 40.4. The Morgan fingerprint density at radius 1 is 1.02 bits per heavy atom. The molecule has 3 aromatic carbocycles. The fraction of sp³-hybridized carbons (Fsp3) is 0.324. The van der Waals surface area contributed by atoms with Crippen molar-refractivity contribution in [2.24, 2.45) is 0 Å². The summed E-state index contributed by atoms with van der Waals surface area (Å²) in [5.41, 5.74) is 1.40. The highest BCUT2D eigenvalue weighted by Crippen LogP contribution is 2.47. The van der Waals surface area contributed by atoms with Gasteiger partial charge in [-0.1, -0.05) is 18.2 Å². The van der Waals surface area contributed by atoms with Crippen LogP contribution in [-0.4, -0.2) is 73.9 Å². The second-order valence-electron chi connectivity index (χ2n) is 11.3. The molecule has 0 saturated carbocycles. The summed E-state index contributed by atoms with van der Waals surface area (Å²) in [5, 5.41) is 7.51. The standard InChI is InChI=1S/C34H33FN4O7/c1-2-44-29(40)8-10-37-34(42)23-19-39-25-18-27-21(20-6-3-4-7-26(20)45-27)17-28(25)46-33-30(24(35)16-22(31(33)39)32(23)41)36-9-5-11-38-12-14-43-15-13-38/h3-4,6-7,16-19,36H,2,5,8-15H2,1H3,(H,37,42). The first-order valence-electron chi connectivity index (χ1n) is 15.5. The minimum Gasteiger partial charge on any atom is -0.466 e. The van der Waals surface area contributed by atoms with Crippen molar-refractivity contribution >= 4 is 50.4 Å². The Morgan fingerprint density at radius 2 is 1.85 bits per heavy atom. The summed E-state index contributed by atoms with van der Waals surface area (Å²) in [7, 11) is 0. The monoisotopic (exact) mass is 628 g/mol. The van der Waals surface area contributed by atoms with Crippen LogP contribution in [0, 0.1) is 5.82 Å². The summed E-state index contributed by atoms with van der Waals surface area (Å²) in [6.07, 6.45) is 2.14. The van der Waals surface area contributed by atoms with Gasteiger partial charge in [-0.2, -0.15) is 0 Å². The van der Waals surface area contributed by atoms with E-state index in [0.29, 0.717) is 47.9 Å². The lowest BCUT2D eigenvalue weighted by molar-refractivity contribution is -0.142. The molecule has 1 amide bonds. The first kappa shape index (κ1) is 29.8.